The predicted octanol–water partition coefficient (Wildman–Crippen LogP) is 2.10. The molecule has 0 radical (unpaired) electrons. The van der Waals surface area contributed by atoms with Gasteiger partial charge in [-0.15, -0.1) is 0 Å². The molecule has 0 saturated heterocycles. The number of aliphatic hydroxyl groups excluding tert-OH is 1. The van der Waals surface area contributed by atoms with E-state index in [1.165, 1.54) is 6.42 Å². The van der Waals surface area contributed by atoms with Gasteiger partial charge in [-0.25, -0.2) is 0 Å². The van der Waals surface area contributed by atoms with E-state index in [2.05, 4.69) is 5.32 Å². The number of hydrogen-bond donors (Lipinski definition) is 2. The van der Waals surface area contributed by atoms with Crippen LogP contribution in [0.2, 0.25) is 0 Å². The first-order chi connectivity index (χ1) is 9.26. The molecular weight excluding hydrogens is 242 g/mol. The highest BCUT2D eigenvalue weighted by Crippen LogP contribution is 2.30. The van der Waals surface area contributed by atoms with Gasteiger partial charge < -0.3 is 19.9 Å². The summed E-state index contributed by atoms with van der Waals surface area (Å²) in [6, 6.07) is 6.04. The van der Waals surface area contributed by atoms with Crippen LogP contribution in [0.25, 0.3) is 0 Å². The Kier molecular flexibility index (Phi) is 5.05. The zero-order chi connectivity index (χ0) is 13.7. The summed E-state index contributed by atoms with van der Waals surface area (Å²) < 4.78 is 10.7. The first-order valence-electron chi connectivity index (χ1n) is 6.87. The van der Waals surface area contributed by atoms with Crippen LogP contribution < -0.4 is 14.8 Å². The van der Waals surface area contributed by atoms with Crippen molar-refractivity contribution < 1.29 is 14.6 Å². The van der Waals surface area contributed by atoms with Crippen LogP contribution in [0, 0.1) is 0 Å². The molecule has 2 N–H and O–H groups in total. The third-order valence-electron chi connectivity index (χ3n) is 3.77. The maximum atomic E-state index is 9.96. The number of rotatable bonds is 5. The van der Waals surface area contributed by atoms with Gasteiger partial charge >= 0.3 is 0 Å². The van der Waals surface area contributed by atoms with E-state index in [-0.39, 0.29) is 12.1 Å². The average Bonchev–Trinajstić information content (AvgIpc) is 2.45. The Balaban J connectivity index is 2.02. The molecule has 0 amide bonds. The van der Waals surface area contributed by atoms with E-state index in [9.17, 15) is 5.11 Å². The minimum absolute atomic E-state index is 0.185. The van der Waals surface area contributed by atoms with Crippen molar-refractivity contribution >= 4 is 0 Å². The predicted molar refractivity (Wildman–Crippen MR) is 74.6 cm³/mol. The molecule has 2 unspecified atom stereocenters. The minimum atomic E-state index is -0.231. The van der Waals surface area contributed by atoms with E-state index in [0.29, 0.717) is 6.54 Å². The van der Waals surface area contributed by atoms with Gasteiger partial charge in [0.1, 0.15) is 0 Å². The third kappa shape index (κ3) is 3.39. The minimum Gasteiger partial charge on any atom is -0.493 e. The van der Waals surface area contributed by atoms with Crippen molar-refractivity contribution in [2.24, 2.45) is 0 Å². The van der Waals surface area contributed by atoms with Gasteiger partial charge in [0.05, 0.1) is 20.3 Å². The number of ether oxygens (including phenoxy) is 2. The van der Waals surface area contributed by atoms with Crippen LogP contribution in [0.4, 0.5) is 0 Å². The molecule has 1 aromatic rings. The summed E-state index contributed by atoms with van der Waals surface area (Å²) in [5.74, 6) is 1.51. The zero-order valence-electron chi connectivity index (χ0n) is 11.7. The average molecular weight is 265 g/mol. The van der Waals surface area contributed by atoms with Gasteiger partial charge in [0, 0.05) is 18.2 Å². The molecule has 2 rings (SSSR count). The molecule has 1 aliphatic carbocycles. The lowest BCUT2D eigenvalue weighted by Crippen LogP contribution is -2.41. The number of para-hydroxylation sites is 1. The Morgan fingerprint density at radius 2 is 2.00 bits per heavy atom. The summed E-state index contributed by atoms with van der Waals surface area (Å²) in [7, 11) is 3.29. The molecule has 0 heterocycles. The molecular formula is C15H23NO3. The molecule has 1 fully saturated rings. The molecule has 1 aromatic carbocycles. The summed E-state index contributed by atoms with van der Waals surface area (Å²) >= 11 is 0. The highest BCUT2D eigenvalue weighted by atomic mass is 16.5. The van der Waals surface area contributed by atoms with E-state index in [1.54, 1.807) is 14.2 Å². The molecule has 2 atom stereocenters. The summed E-state index contributed by atoms with van der Waals surface area (Å²) in [6.07, 6.45) is 4.01. The molecule has 0 aromatic heterocycles. The Morgan fingerprint density at radius 3 is 2.68 bits per heavy atom. The molecule has 0 bridgehead atoms. The third-order valence-corrected chi connectivity index (χ3v) is 3.77. The van der Waals surface area contributed by atoms with Gasteiger partial charge in [-0.1, -0.05) is 25.0 Å². The SMILES string of the molecule is COc1cccc(CNC2CCCCC2O)c1OC. The quantitative estimate of drug-likeness (QED) is 0.856. The maximum absolute atomic E-state index is 9.96. The molecule has 0 aliphatic heterocycles. The normalized spacial score (nSPS) is 23.1. The Labute approximate surface area is 114 Å². The van der Waals surface area contributed by atoms with Crippen LogP contribution in [0.15, 0.2) is 18.2 Å². The summed E-state index contributed by atoms with van der Waals surface area (Å²) in [4.78, 5) is 0. The van der Waals surface area contributed by atoms with Crippen LogP contribution in [0.5, 0.6) is 11.5 Å². The Morgan fingerprint density at radius 1 is 1.21 bits per heavy atom. The first-order valence-corrected chi connectivity index (χ1v) is 6.87. The summed E-state index contributed by atoms with van der Waals surface area (Å²) in [6.45, 7) is 0.683. The second kappa shape index (κ2) is 6.78. The van der Waals surface area contributed by atoms with Crippen molar-refractivity contribution in [1.82, 2.24) is 5.32 Å². The van der Waals surface area contributed by atoms with Crippen molar-refractivity contribution in [3.63, 3.8) is 0 Å². The van der Waals surface area contributed by atoms with E-state index < -0.39 is 0 Å². The Hall–Kier alpha value is -1.26. The van der Waals surface area contributed by atoms with Gasteiger partial charge in [0.15, 0.2) is 11.5 Å². The van der Waals surface area contributed by atoms with Crippen molar-refractivity contribution in [3.8, 4) is 11.5 Å². The number of methoxy groups -OCH3 is 2. The number of aliphatic hydroxyl groups is 1. The highest BCUT2D eigenvalue weighted by molar-refractivity contribution is 5.46. The standard InChI is InChI=1S/C15H23NO3/c1-18-14-9-5-6-11(15(14)19-2)10-16-12-7-3-4-8-13(12)17/h5-6,9,12-13,16-17H,3-4,7-8,10H2,1-2H3. The Bertz CT molecular complexity index is 408. The lowest BCUT2D eigenvalue weighted by atomic mass is 9.92. The first kappa shape index (κ1) is 14.2. The van der Waals surface area contributed by atoms with Gasteiger partial charge in [0.2, 0.25) is 0 Å². The molecule has 1 aliphatic rings. The van der Waals surface area contributed by atoms with Gasteiger partial charge in [-0.3, -0.25) is 0 Å². The number of nitrogens with one attached hydrogen (secondary N) is 1. The van der Waals surface area contributed by atoms with E-state index >= 15 is 0 Å². The summed E-state index contributed by atoms with van der Waals surface area (Å²) in [5, 5.41) is 13.4. The van der Waals surface area contributed by atoms with Crippen LogP contribution in [-0.2, 0) is 6.54 Å². The summed E-state index contributed by atoms with van der Waals surface area (Å²) in [5.41, 5.74) is 1.06. The fraction of sp³-hybridized carbons (Fsp3) is 0.600. The van der Waals surface area contributed by atoms with Crippen LogP contribution in [0.3, 0.4) is 0 Å². The molecule has 4 nitrogen and oxygen atoms in total. The molecule has 1 saturated carbocycles. The smallest absolute Gasteiger partial charge is 0.165 e. The fourth-order valence-electron chi connectivity index (χ4n) is 2.68. The van der Waals surface area contributed by atoms with Crippen molar-refractivity contribution in [2.75, 3.05) is 14.2 Å². The van der Waals surface area contributed by atoms with Gasteiger partial charge in [-0.2, -0.15) is 0 Å². The molecule has 106 valence electrons. The number of hydrogen-bond acceptors (Lipinski definition) is 4. The monoisotopic (exact) mass is 265 g/mol. The van der Waals surface area contributed by atoms with Crippen molar-refractivity contribution in [3.05, 3.63) is 23.8 Å². The molecule has 0 spiro atoms. The van der Waals surface area contributed by atoms with Crippen LogP contribution in [-0.4, -0.2) is 31.5 Å². The second-order valence-electron chi connectivity index (χ2n) is 4.99. The van der Waals surface area contributed by atoms with Crippen LogP contribution >= 0.6 is 0 Å². The maximum Gasteiger partial charge on any atom is 0.165 e. The fourth-order valence-corrected chi connectivity index (χ4v) is 2.68. The van der Waals surface area contributed by atoms with Crippen LogP contribution in [0.1, 0.15) is 31.2 Å². The second-order valence-corrected chi connectivity index (χ2v) is 4.99. The van der Waals surface area contributed by atoms with Crippen molar-refractivity contribution in [2.45, 2.75) is 44.4 Å². The number of benzene rings is 1. The lowest BCUT2D eigenvalue weighted by Gasteiger charge is -2.28. The van der Waals surface area contributed by atoms with E-state index in [4.69, 9.17) is 9.47 Å². The van der Waals surface area contributed by atoms with Gasteiger partial charge in [-0.05, 0) is 18.9 Å². The van der Waals surface area contributed by atoms with E-state index in [0.717, 1.165) is 36.3 Å². The molecule has 19 heavy (non-hydrogen) atoms. The topological polar surface area (TPSA) is 50.7 Å². The molecule has 4 heteroatoms. The van der Waals surface area contributed by atoms with E-state index in [1.807, 2.05) is 18.2 Å². The van der Waals surface area contributed by atoms with Crippen molar-refractivity contribution in [1.29, 1.82) is 0 Å². The zero-order valence-corrected chi connectivity index (χ0v) is 11.7. The largest absolute Gasteiger partial charge is 0.493 e. The highest BCUT2D eigenvalue weighted by Gasteiger charge is 2.22. The van der Waals surface area contributed by atoms with Gasteiger partial charge in [0.25, 0.3) is 0 Å². The lowest BCUT2D eigenvalue weighted by molar-refractivity contribution is 0.0901.